The highest BCUT2D eigenvalue weighted by Crippen LogP contribution is 2.33. The third-order valence-electron chi connectivity index (χ3n) is 5.71. The summed E-state index contributed by atoms with van der Waals surface area (Å²) in [6, 6.07) is 10.6. The molecule has 3 heterocycles. The predicted octanol–water partition coefficient (Wildman–Crippen LogP) is 3.41. The molecule has 1 N–H and O–H groups in total. The number of para-hydroxylation sites is 1. The van der Waals surface area contributed by atoms with Crippen LogP contribution in [0, 0.1) is 25.2 Å². The summed E-state index contributed by atoms with van der Waals surface area (Å²) in [4.78, 5) is 39.9. The van der Waals surface area contributed by atoms with Crippen molar-refractivity contribution in [1.82, 2.24) is 14.8 Å². The second-order valence-electron chi connectivity index (χ2n) is 7.86. The van der Waals surface area contributed by atoms with E-state index in [9.17, 15) is 14.4 Å². The number of amides is 3. The van der Waals surface area contributed by atoms with Crippen molar-refractivity contribution in [3.05, 3.63) is 59.2 Å². The average Bonchev–Trinajstić information content (AvgIpc) is 3.35. The van der Waals surface area contributed by atoms with Crippen LogP contribution in [0.15, 0.2) is 40.9 Å². The van der Waals surface area contributed by atoms with Gasteiger partial charge in [-0.05, 0) is 32.9 Å². The summed E-state index contributed by atoms with van der Waals surface area (Å²) in [6.45, 7) is 5.19. The van der Waals surface area contributed by atoms with E-state index in [2.05, 4.69) is 11.4 Å². The normalized spacial score (nSPS) is 18.5. The zero-order chi connectivity index (χ0) is 22.3. The number of imide groups is 1. The number of urea groups is 1. The molecule has 1 fully saturated rings. The summed E-state index contributed by atoms with van der Waals surface area (Å²) in [6.07, 6.45) is 1.99. The van der Waals surface area contributed by atoms with Crippen molar-refractivity contribution < 1.29 is 18.8 Å². The van der Waals surface area contributed by atoms with E-state index in [4.69, 9.17) is 9.68 Å². The van der Waals surface area contributed by atoms with Gasteiger partial charge in [-0.1, -0.05) is 18.2 Å². The minimum absolute atomic E-state index is 0.307. The van der Waals surface area contributed by atoms with Gasteiger partial charge in [0.2, 0.25) is 0 Å². The first-order valence-corrected chi connectivity index (χ1v) is 9.96. The minimum atomic E-state index is -1.29. The van der Waals surface area contributed by atoms with Crippen LogP contribution in [0.4, 0.5) is 4.79 Å². The number of nitrogens with one attached hydrogen (secondary N) is 1. The van der Waals surface area contributed by atoms with E-state index < -0.39 is 17.5 Å². The number of carbonyl (C=O) groups is 3. The number of hydrogen-bond donors (Lipinski definition) is 1. The monoisotopic (exact) mass is 418 g/mol. The summed E-state index contributed by atoms with van der Waals surface area (Å²) in [7, 11) is 0. The van der Waals surface area contributed by atoms with Crippen molar-refractivity contribution in [3.63, 3.8) is 0 Å². The Hall–Kier alpha value is -3.86. The molecule has 1 unspecified atom stereocenters. The smallest absolute Gasteiger partial charge is 0.325 e. The average molecular weight is 418 g/mol. The molecule has 31 heavy (non-hydrogen) atoms. The fourth-order valence-corrected chi connectivity index (χ4v) is 4.20. The summed E-state index contributed by atoms with van der Waals surface area (Å²) < 4.78 is 7.38. The molecule has 0 bridgehead atoms. The van der Waals surface area contributed by atoms with Gasteiger partial charge in [0, 0.05) is 34.8 Å². The largest absolute Gasteiger partial charge is 0.466 e. The van der Waals surface area contributed by atoms with Crippen LogP contribution >= 0.6 is 0 Å². The molecule has 1 aliphatic heterocycles. The number of hydrogen-bond acceptors (Lipinski definition) is 5. The number of rotatable bonds is 6. The van der Waals surface area contributed by atoms with E-state index in [0.717, 1.165) is 15.8 Å². The number of carbonyl (C=O) groups excluding carboxylic acids is 3. The standard InChI is InChI=1S/C23H22N4O4/c1-14-11-18(15(2)31-14)23(3)21(29)27(22(30)25-23)13-20(28)17-12-26(10-6-9-24)19-8-5-4-7-16(17)19/h4-5,7-8,11-12H,6,10,13H2,1-3H3,(H,25,30). The molecular formula is C23H22N4O4. The van der Waals surface area contributed by atoms with Crippen LogP contribution in [-0.4, -0.2) is 33.7 Å². The molecule has 8 heteroatoms. The summed E-state index contributed by atoms with van der Waals surface area (Å²) in [5.41, 5.74) is 0.525. The van der Waals surface area contributed by atoms with Crippen molar-refractivity contribution in [2.45, 2.75) is 39.3 Å². The first-order chi connectivity index (χ1) is 14.8. The lowest BCUT2D eigenvalue weighted by atomic mass is 9.92. The lowest BCUT2D eigenvalue weighted by Gasteiger charge is -2.21. The van der Waals surface area contributed by atoms with Gasteiger partial charge in [-0.2, -0.15) is 5.26 Å². The second-order valence-corrected chi connectivity index (χ2v) is 7.86. The van der Waals surface area contributed by atoms with Gasteiger partial charge in [-0.25, -0.2) is 4.79 Å². The number of fused-ring (bicyclic) bond motifs is 1. The number of nitrogens with zero attached hydrogens (tertiary/aromatic N) is 3. The van der Waals surface area contributed by atoms with Gasteiger partial charge in [0.15, 0.2) is 5.78 Å². The lowest BCUT2D eigenvalue weighted by Crippen LogP contribution is -2.41. The maximum absolute atomic E-state index is 13.2. The molecular weight excluding hydrogens is 396 g/mol. The molecule has 3 aromatic rings. The first kappa shape index (κ1) is 20.4. The number of furan rings is 1. The highest BCUT2D eigenvalue weighted by Gasteiger charge is 2.51. The van der Waals surface area contributed by atoms with E-state index in [0.29, 0.717) is 35.6 Å². The Kier molecular flexibility index (Phi) is 4.90. The van der Waals surface area contributed by atoms with Crippen molar-refractivity contribution in [1.29, 1.82) is 5.26 Å². The number of ketones is 1. The minimum Gasteiger partial charge on any atom is -0.466 e. The highest BCUT2D eigenvalue weighted by atomic mass is 16.3. The Morgan fingerprint density at radius 2 is 2.00 bits per heavy atom. The van der Waals surface area contributed by atoms with Gasteiger partial charge in [-0.3, -0.25) is 14.5 Å². The van der Waals surface area contributed by atoms with Crippen LogP contribution in [0.1, 0.15) is 40.8 Å². The second kappa shape index (κ2) is 7.43. The van der Waals surface area contributed by atoms with Gasteiger partial charge in [0.25, 0.3) is 5.91 Å². The Morgan fingerprint density at radius 3 is 2.68 bits per heavy atom. The van der Waals surface area contributed by atoms with Crippen LogP contribution in [0.5, 0.6) is 0 Å². The zero-order valence-corrected chi connectivity index (χ0v) is 17.6. The molecule has 0 aliphatic carbocycles. The molecule has 158 valence electrons. The van der Waals surface area contributed by atoms with E-state index in [-0.39, 0.29) is 12.3 Å². The molecule has 8 nitrogen and oxygen atoms in total. The molecule has 1 aromatic carbocycles. The van der Waals surface area contributed by atoms with Gasteiger partial charge >= 0.3 is 6.03 Å². The lowest BCUT2D eigenvalue weighted by molar-refractivity contribution is -0.130. The fraction of sp³-hybridized carbons (Fsp3) is 0.304. The van der Waals surface area contributed by atoms with Crippen molar-refractivity contribution in [2.24, 2.45) is 0 Å². The Labute approximate surface area is 179 Å². The van der Waals surface area contributed by atoms with Gasteiger partial charge in [0.1, 0.15) is 17.1 Å². The topological polar surface area (TPSA) is 108 Å². The molecule has 4 rings (SSSR count). The van der Waals surface area contributed by atoms with E-state index >= 15 is 0 Å². The molecule has 1 aliphatic rings. The summed E-state index contributed by atoms with van der Waals surface area (Å²) >= 11 is 0. The predicted molar refractivity (Wildman–Crippen MR) is 112 cm³/mol. The van der Waals surface area contributed by atoms with E-state index in [1.54, 1.807) is 33.0 Å². The fourth-order valence-electron chi connectivity index (χ4n) is 4.20. The van der Waals surface area contributed by atoms with Gasteiger partial charge in [-0.15, -0.1) is 0 Å². The van der Waals surface area contributed by atoms with Crippen molar-refractivity contribution in [2.75, 3.05) is 6.54 Å². The molecule has 0 saturated carbocycles. The molecule has 0 radical (unpaired) electrons. The molecule has 1 atom stereocenters. The van der Waals surface area contributed by atoms with Crippen LogP contribution in [-0.2, 0) is 16.9 Å². The maximum Gasteiger partial charge on any atom is 0.325 e. The molecule has 1 saturated heterocycles. The Bertz CT molecular complexity index is 1260. The molecule has 0 spiro atoms. The quantitative estimate of drug-likeness (QED) is 0.487. The third kappa shape index (κ3) is 3.28. The Morgan fingerprint density at radius 1 is 1.26 bits per heavy atom. The number of aryl methyl sites for hydroxylation is 3. The summed E-state index contributed by atoms with van der Waals surface area (Å²) in [5, 5.41) is 12.3. The number of aromatic nitrogens is 1. The zero-order valence-electron chi connectivity index (χ0n) is 17.6. The van der Waals surface area contributed by atoms with E-state index in [1.807, 2.05) is 28.8 Å². The third-order valence-corrected chi connectivity index (χ3v) is 5.71. The first-order valence-electron chi connectivity index (χ1n) is 9.96. The van der Waals surface area contributed by atoms with Crippen LogP contribution in [0.3, 0.4) is 0 Å². The SMILES string of the molecule is Cc1cc(C2(C)NC(=O)N(CC(=O)c3cn(CCC#N)c4ccccc34)C2=O)c(C)o1. The van der Waals surface area contributed by atoms with Gasteiger partial charge in [0.05, 0.1) is 19.0 Å². The van der Waals surface area contributed by atoms with E-state index in [1.165, 1.54) is 0 Å². The van der Waals surface area contributed by atoms with Crippen LogP contribution in [0.25, 0.3) is 10.9 Å². The maximum atomic E-state index is 13.2. The van der Waals surface area contributed by atoms with Gasteiger partial charge < -0.3 is 14.3 Å². The number of Topliss-reactive ketones (excluding diaryl/α,β-unsaturated/α-hetero) is 1. The van der Waals surface area contributed by atoms with Crippen LogP contribution < -0.4 is 5.32 Å². The Balaban J connectivity index is 1.64. The van der Waals surface area contributed by atoms with Crippen molar-refractivity contribution in [3.8, 4) is 6.07 Å². The molecule has 2 aromatic heterocycles. The highest BCUT2D eigenvalue weighted by molar-refractivity contribution is 6.14. The summed E-state index contributed by atoms with van der Waals surface area (Å²) in [5.74, 6) is 0.334. The number of nitriles is 1. The van der Waals surface area contributed by atoms with Crippen LogP contribution in [0.2, 0.25) is 0 Å². The van der Waals surface area contributed by atoms with Crippen molar-refractivity contribution >= 4 is 28.6 Å². The number of benzene rings is 1. The molecule has 3 amide bonds.